The summed E-state index contributed by atoms with van der Waals surface area (Å²) in [4.78, 5) is 16.7. The van der Waals surface area contributed by atoms with Crippen molar-refractivity contribution in [1.82, 2.24) is 14.9 Å². The van der Waals surface area contributed by atoms with Gasteiger partial charge in [0.2, 0.25) is 0 Å². The fraction of sp³-hybridized carbons (Fsp3) is 0.167. The molecule has 0 spiro atoms. The van der Waals surface area contributed by atoms with E-state index >= 15 is 0 Å². The molecule has 1 amide bonds. The van der Waals surface area contributed by atoms with Crippen LogP contribution in [0.25, 0.3) is 16.5 Å². The first-order valence-corrected chi connectivity index (χ1v) is 9.74. The van der Waals surface area contributed by atoms with Crippen LogP contribution in [-0.2, 0) is 11.3 Å². The van der Waals surface area contributed by atoms with Gasteiger partial charge in [-0.15, -0.1) is 0 Å². The monoisotopic (exact) mass is 385 g/mol. The first kappa shape index (κ1) is 18.7. The molecule has 0 bridgehead atoms. The summed E-state index contributed by atoms with van der Waals surface area (Å²) in [6.07, 6.45) is 5.45. The van der Waals surface area contributed by atoms with Crippen LogP contribution in [-0.4, -0.2) is 21.6 Å². The second-order valence-corrected chi connectivity index (χ2v) is 6.85. The standard InChI is InChI=1S/C24H23N3O2/c1-2-22(29-23-9-5-7-19-6-3-4-8-21(19)23)24(28)26-16-18-10-12-20(13-11-18)27-15-14-25-17-27/h3-15,17,22H,2,16H2,1H3,(H,26,28)/t22-/m1/s1. The van der Waals surface area contributed by atoms with E-state index in [0.717, 1.165) is 27.8 Å². The molecule has 0 aliphatic carbocycles. The molecular weight excluding hydrogens is 362 g/mol. The maximum Gasteiger partial charge on any atom is 0.261 e. The van der Waals surface area contributed by atoms with Crippen molar-refractivity contribution >= 4 is 16.7 Å². The molecule has 146 valence electrons. The molecule has 0 unspecified atom stereocenters. The van der Waals surface area contributed by atoms with Crippen molar-refractivity contribution in [3.8, 4) is 11.4 Å². The Kier molecular flexibility index (Phi) is 5.56. The van der Waals surface area contributed by atoms with E-state index in [0.29, 0.717) is 13.0 Å². The van der Waals surface area contributed by atoms with Gasteiger partial charge in [-0.3, -0.25) is 4.79 Å². The number of carbonyl (C=O) groups excluding carboxylic acids is 1. The van der Waals surface area contributed by atoms with Crippen molar-refractivity contribution in [3.05, 3.63) is 91.0 Å². The summed E-state index contributed by atoms with van der Waals surface area (Å²) in [7, 11) is 0. The lowest BCUT2D eigenvalue weighted by molar-refractivity contribution is -0.128. The summed E-state index contributed by atoms with van der Waals surface area (Å²) >= 11 is 0. The molecule has 0 saturated carbocycles. The van der Waals surface area contributed by atoms with Crippen LogP contribution in [0.3, 0.4) is 0 Å². The average molecular weight is 385 g/mol. The highest BCUT2D eigenvalue weighted by molar-refractivity contribution is 5.89. The van der Waals surface area contributed by atoms with E-state index in [1.54, 1.807) is 12.5 Å². The topological polar surface area (TPSA) is 56.1 Å². The van der Waals surface area contributed by atoms with Gasteiger partial charge in [0.1, 0.15) is 5.75 Å². The van der Waals surface area contributed by atoms with Crippen LogP contribution in [0.15, 0.2) is 85.5 Å². The van der Waals surface area contributed by atoms with Crippen LogP contribution in [0.4, 0.5) is 0 Å². The third-order valence-corrected chi connectivity index (χ3v) is 4.89. The van der Waals surface area contributed by atoms with E-state index < -0.39 is 6.10 Å². The van der Waals surface area contributed by atoms with Gasteiger partial charge in [0.05, 0.1) is 6.33 Å². The Balaban J connectivity index is 1.40. The van der Waals surface area contributed by atoms with E-state index in [-0.39, 0.29) is 5.91 Å². The minimum Gasteiger partial charge on any atom is -0.480 e. The minimum atomic E-state index is -0.536. The number of rotatable bonds is 7. The molecule has 29 heavy (non-hydrogen) atoms. The fourth-order valence-electron chi connectivity index (χ4n) is 3.27. The molecule has 4 rings (SSSR count). The fourth-order valence-corrected chi connectivity index (χ4v) is 3.27. The summed E-state index contributed by atoms with van der Waals surface area (Å²) in [6, 6.07) is 21.9. The molecule has 5 nitrogen and oxygen atoms in total. The quantitative estimate of drug-likeness (QED) is 0.510. The summed E-state index contributed by atoms with van der Waals surface area (Å²) in [6.45, 7) is 2.41. The number of hydrogen-bond acceptors (Lipinski definition) is 3. The van der Waals surface area contributed by atoms with Crippen LogP contribution in [0.2, 0.25) is 0 Å². The average Bonchev–Trinajstić information content (AvgIpc) is 3.31. The maximum atomic E-state index is 12.7. The van der Waals surface area contributed by atoms with Gasteiger partial charge in [0, 0.05) is 30.0 Å². The molecule has 1 atom stereocenters. The number of aromatic nitrogens is 2. The second kappa shape index (κ2) is 8.61. The highest BCUT2D eigenvalue weighted by Gasteiger charge is 2.19. The molecule has 5 heteroatoms. The number of benzene rings is 3. The molecule has 4 aromatic rings. The summed E-state index contributed by atoms with van der Waals surface area (Å²) in [5.41, 5.74) is 2.06. The Bertz CT molecular complexity index is 1080. The molecule has 1 N–H and O–H groups in total. The first-order chi connectivity index (χ1) is 14.2. The van der Waals surface area contributed by atoms with E-state index in [1.165, 1.54) is 0 Å². The van der Waals surface area contributed by atoms with Gasteiger partial charge in [-0.05, 0) is 35.6 Å². The number of hydrogen-bond donors (Lipinski definition) is 1. The van der Waals surface area contributed by atoms with E-state index in [4.69, 9.17) is 4.74 Å². The zero-order valence-corrected chi connectivity index (χ0v) is 16.3. The Hall–Kier alpha value is -3.60. The number of carbonyl (C=O) groups is 1. The number of nitrogens with zero attached hydrogens (tertiary/aromatic N) is 2. The van der Waals surface area contributed by atoms with Crippen molar-refractivity contribution in [2.75, 3.05) is 0 Å². The zero-order chi connectivity index (χ0) is 20.1. The van der Waals surface area contributed by atoms with Gasteiger partial charge in [0.15, 0.2) is 6.10 Å². The van der Waals surface area contributed by atoms with Crippen LogP contribution >= 0.6 is 0 Å². The highest BCUT2D eigenvalue weighted by Crippen LogP contribution is 2.26. The maximum absolute atomic E-state index is 12.7. The number of imidazole rings is 1. The van der Waals surface area contributed by atoms with Crippen molar-refractivity contribution < 1.29 is 9.53 Å². The summed E-state index contributed by atoms with van der Waals surface area (Å²) < 4.78 is 8.01. The van der Waals surface area contributed by atoms with Crippen molar-refractivity contribution in [1.29, 1.82) is 0 Å². The van der Waals surface area contributed by atoms with E-state index in [1.807, 2.05) is 84.4 Å². The van der Waals surface area contributed by atoms with Gasteiger partial charge in [-0.1, -0.05) is 55.5 Å². The third kappa shape index (κ3) is 4.29. The van der Waals surface area contributed by atoms with Crippen molar-refractivity contribution in [2.24, 2.45) is 0 Å². The number of amides is 1. The number of nitrogens with one attached hydrogen (secondary N) is 1. The molecule has 0 radical (unpaired) electrons. The zero-order valence-electron chi connectivity index (χ0n) is 16.3. The molecule has 1 aromatic heterocycles. The lowest BCUT2D eigenvalue weighted by Gasteiger charge is -2.18. The number of fused-ring (bicyclic) bond motifs is 1. The Morgan fingerprint density at radius 2 is 1.86 bits per heavy atom. The van der Waals surface area contributed by atoms with Gasteiger partial charge >= 0.3 is 0 Å². The molecule has 0 saturated heterocycles. The number of ether oxygens (including phenoxy) is 1. The molecule has 1 heterocycles. The van der Waals surface area contributed by atoms with Crippen molar-refractivity contribution in [3.63, 3.8) is 0 Å². The SMILES string of the molecule is CC[C@@H](Oc1cccc2ccccc12)C(=O)NCc1ccc(-n2ccnc2)cc1. The lowest BCUT2D eigenvalue weighted by Crippen LogP contribution is -2.37. The Labute approximate surface area is 170 Å². The third-order valence-electron chi connectivity index (χ3n) is 4.89. The predicted molar refractivity (Wildman–Crippen MR) is 114 cm³/mol. The van der Waals surface area contributed by atoms with Crippen LogP contribution in [0.1, 0.15) is 18.9 Å². The Morgan fingerprint density at radius 3 is 2.62 bits per heavy atom. The second-order valence-electron chi connectivity index (χ2n) is 6.85. The van der Waals surface area contributed by atoms with Crippen molar-refractivity contribution in [2.45, 2.75) is 26.0 Å². The van der Waals surface area contributed by atoms with Gasteiger partial charge < -0.3 is 14.6 Å². The predicted octanol–water partition coefficient (Wildman–Crippen LogP) is 4.50. The minimum absolute atomic E-state index is 0.112. The first-order valence-electron chi connectivity index (χ1n) is 9.74. The van der Waals surface area contributed by atoms with Crippen LogP contribution in [0, 0.1) is 0 Å². The van der Waals surface area contributed by atoms with Gasteiger partial charge in [-0.25, -0.2) is 4.98 Å². The van der Waals surface area contributed by atoms with Crippen LogP contribution in [0.5, 0.6) is 5.75 Å². The highest BCUT2D eigenvalue weighted by atomic mass is 16.5. The summed E-state index contributed by atoms with van der Waals surface area (Å²) in [5.74, 6) is 0.619. The van der Waals surface area contributed by atoms with Crippen LogP contribution < -0.4 is 10.1 Å². The van der Waals surface area contributed by atoms with E-state index in [2.05, 4.69) is 10.3 Å². The smallest absolute Gasteiger partial charge is 0.261 e. The van der Waals surface area contributed by atoms with Gasteiger partial charge in [-0.2, -0.15) is 0 Å². The van der Waals surface area contributed by atoms with E-state index in [9.17, 15) is 4.79 Å². The molecule has 0 fully saturated rings. The molecular formula is C24H23N3O2. The lowest BCUT2D eigenvalue weighted by atomic mass is 10.1. The molecule has 0 aliphatic rings. The Morgan fingerprint density at radius 1 is 1.07 bits per heavy atom. The van der Waals surface area contributed by atoms with Gasteiger partial charge in [0.25, 0.3) is 5.91 Å². The normalized spacial score (nSPS) is 11.9. The summed E-state index contributed by atoms with van der Waals surface area (Å²) in [5, 5.41) is 5.10. The molecule has 0 aliphatic heterocycles. The largest absolute Gasteiger partial charge is 0.480 e. The molecule has 3 aromatic carbocycles.